The SMILES string of the molecule is CC1(C)CC(C)(C)C1Oc1ccc(C#N)c(Cl)c1.CN=C/C(=C\N)c1cc2c(cc1C(F)F)N(c1nn(C3CCN(CC4CCN(c5ncc(C(N)=O)cn5)CC4)CC3)c3c1CN(C(=O)NC)CC3)CCC2. The Balaban J connectivity index is 0.000000323. The molecule has 5 N–H and O–H groups in total. The van der Waals surface area contributed by atoms with Crippen LogP contribution in [0.5, 0.6) is 5.75 Å². The summed E-state index contributed by atoms with van der Waals surface area (Å²) in [5.74, 6) is 2.16. The number of primary amides is 1. The molecular weight excluding hydrogens is 940 g/mol. The number of likely N-dealkylation sites (tertiary alicyclic amines) is 1. The van der Waals surface area contributed by atoms with Crippen LogP contribution in [-0.2, 0) is 19.4 Å². The maximum Gasteiger partial charge on any atom is 0.317 e. The number of fused-ring (bicyclic) bond motifs is 2. The van der Waals surface area contributed by atoms with Crippen molar-refractivity contribution in [3.63, 3.8) is 0 Å². The summed E-state index contributed by atoms with van der Waals surface area (Å²) in [4.78, 5) is 45.6. The van der Waals surface area contributed by atoms with Crippen LogP contribution in [0.4, 0.5) is 31.0 Å². The van der Waals surface area contributed by atoms with Gasteiger partial charge in [-0.2, -0.15) is 10.4 Å². The Bertz CT molecular complexity index is 2710. The van der Waals surface area contributed by atoms with Gasteiger partial charge in [-0.15, -0.1) is 0 Å². The molecule has 3 amide bonds. The fourth-order valence-electron chi connectivity index (χ4n) is 12.0. The van der Waals surface area contributed by atoms with Crippen LogP contribution in [0.25, 0.3) is 5.57 Å². The number of piperidine rings is 2. The van der Waals surface area contributed by atoms with Crippen LogP contribution < -0.4 is 31.3 Å². The Hall–Kier alpha value is -6.32. The third kappa shape index (κ3) is 11.0. The average molecular weight is 1010 g/mol. The van der Waals surface area contributed by atoms with Crippen LogP contribution >= 0.6 is 11.6 Å². The molecule has 72 heavy (non-hydrogen) atoms. The van der Waals surface area contributed by atoms with Crippen LogP contribution in [0.2, 0.25) is 5.02 Å². The largest absolute Gasteiger partial charge is 0.489 e. The molecule has 16 nitrogen and oxygen atoms in total. The van der Waals surface area contributed by atoms with Gasteiger partial charge in [-0.1, -0.05) is 39.3 Å². The van der Waals surface area contributed by atoms with Crippen LogP contribution in [0.3, 0.4) is 0 Å². The topological polar surface area (TPSA) is 200 Å². The zero-order chi connectivity index (χ0) is 51.5. The second-order valence-electron chi connectivity index (χ2n) is 21.1. The fraction of sp³-hybridized carbons (Fsp3) is 0.528. The summed E-state index contributed by atoms with van der Waals surface area (Å²) in [6.45, 7) is 15.2. The van der Waals surface area contributed by atoms with E-state index in [9.17, 15) is 18.4 Å². The van der Waals surface area contributed by atoms with Gasteiger partial charge in [0, 0.05) is 136 Å². The van der Waals surface area contributed by atoms with Gasteiger partial charge < -0.3 is 41.1 Å². The number of halogens is 3. The summed E-state index contributed by atoms with van der Waals surface area (Å²) in [6, 6.07) is 10.8. The smallest absolute Gasteiger partial charge is 0.317 e. The van der Waals surface area contributed by atoms with Gasteiger partial charge in [-0.05, 0) is 86.3 Å². The Morgan fingerprint density at radius 2 is 1.72 bits per heavy atom. The Kier molecular flexibility index (Phi) is 15.8. The molecule has 3 fully saturated rings. The number of benzene rings is 2. The highest BCUT2D eigenvalue weighted by Crippen LogP contribution is 2.55. The van der Waals surface area contributed by atoms with Crippen molar-refractivity contribution in [3.05, 3.63) is 93.0 Å². The van der Waals surface area contributed by atoms with E-state index in [1.54, 1.807) is 37.2 Å². The number of aromatic nitrogens is 4. The van der Waals surface area contributed by atoms with E-state index in [4.69, 9.17) is 38.2 Å². The quantitative estimate of drug-likeness (QED) is 0.122. The normalized spacial score (nSPS) is 19.5. The fourth-order valence-corrected chi connectivity index (χ4v) is 12.2. The number of allylic oxidation sites excluding steroid dienone is 1. The van der Waals surface area contributed by atoms with Gasteiger partial charge in [0.25, 0.3) is 12.3 Å². The van der Waals surface area contributed by atoms with Crippen molar-refractivity contribution in [1.29, 1.82) is 5.26 Å². The standard InChI is InChI=1S/C38H50F2N12O2.C15H18ClNO/c1-43-19-26(18-41)29-16-25-4-3-10-51(33(25)17-30(29)34(39)40)36-31-23-50(38(54)44-2)15-9-32(31)52(47-36)28-7-11-48(12-8-28)22-24-5-13-49(14-6-24)37-45-20-27(21-46-37)35(42)53;1-14(2)9-15(3,4)13(14)18-11-6-5-10(8-17)12(16)7-11/h16-21,24,28,34H,3-15,22-23,41H2,1-2H3,(H2,42,53)(H,44,54);5-7,13H,9H2,1-4H3/b26-18+,43-19?;. The predicted molar refractivity (Wildman–Crippen MR) is 277 cm³/mol. The number of nitriles is 1. The van der Waals surface area contributed by atoms with Crippen LogP contribution in [-0.4, -0.2) is 114 Å². The zero-order valence-corrected chi connectivity index (χ0v) is 43.1. The Morgan fingerprint density at radius 1 is 1.01 bits per heavy atom. The molecule has 0 unspecified atom stereocenters. The lowest BCUT2D eigenvalue weighted by Crippen LogP contribution is -2.58. The molecule has 0 spiro atoms. The number of carbonyl (C=O) groups excluding carboxylic acids is 2. The van der Waals surface area contributed by atoms with Crippen LogP contribution in [0.1, 0.15) is 123 Å². The minimum atomic E-state index is -2.71. The minimum absolute atomic E-state index is 0.0947. The number of amides is 3. The van der Waals surface area contributed by atoms with Gasteiger partial charge in [-0.25, -0.2) is 23.5 Å². The van der Waals surface area contributed by atoms with Crippen molar-refractivity contribution >= 4 is 52.8 Å². The van der Waals surface area contributed by atoms with E-state index < -0.39 is 12.3 Å². The van der Waals surface area contributed by atoms with Crippen molar-refractivity contribution < 1.29 is 23.1 Å². The van der Waals surface area contributed by atoms with E-state index in [-0.39, 0.29) is 34.6 Å². The molecule has 6 heterocycles. The molecule has 0 bridgehead atoms. The van der Waals surface area contributed by atoms with Crippen molar-refractivity contribution in [2.45, 2.75) is 104 Å². The van der Waals surface area contributed by atoms with Crippen molar-refractivity contribution in [3.8, 4) is 11.8 Å². The lowest BCUT2D eigenvalue weighted by atomic mass is 9.53. The summed E-state index contributed by atoms with van der Waals surface area (Å²) in [6.07, 6.45) is 10.7. The molecule has 1 saturated carbocycles. The predicted octanol–water partition coefficient (Wildman–Crippen LogP) is 8.46. The van der Waals surface area contributed by atoms with Gasteiger partial charge in [0.15, 0.2) is 5.82 Å². The van der Waals surface area contributed by atoms with Gasteiger partial charge >= 0.3 is 6.03 Å². The first-order valence-electron chi connectivity index (χ1n) is 25.0. The maximum atomic E-state index is 14.6. The number of rotatable bonds is 11. The molecule has 2 saturated heterocycles. The number of urea groups is 1. The van der Waals surface area contributed by atoms with Gasteiger partial charge in [0.05, 0.1) is 28.7 Å². The molecule has 9 rings (SSSR count). The number of hydrogen-bond acceptors (Lipinski definition) is 12. The second-order valence-corrected chi connectivity index (χ2v) is 21.5. The van der Waals surface area contributed by atoms with E-state index in [0.29, 0.717) is 65.2 Å². The second kappa shape index (κ2) is 21.8. The van der Waals surface area contributed by atoms with Crippen LogP contribution in [0, 0.1) is 28.1 Å². The van der Waals surface area contributed by atoms with E-state index in [1.807, 2.05) is 18.2 Å². The number of alkyl halides is 2. The van der Waals surface area contributed by atoms with Crippen LogP contribution in [0.15, 0.2) is 53.9 Å². The summed E-state index contributed by atoms with van der Waals surface area (Å²) in [7, 11) is 3.23. The first-order chi connectivity index (χ1) is 34.4. The number of ether oxygens (including phenoxy) is 1. The lowest BCUT2D eigenvalue weighted by molar-refractivity contribution is -0.133. The van der Waals surface area contributed by atoms with Crippen molar-refractivity contribution in [1.82, 2.24) is 34.9 Å². The summed E-state index contributed by atoms with van der Waals surface area (Å²) < 4.78 is 37.5. The number of anilines is 3. The molecule has 5 aliphatic rings. The highest BCUT2D eigenvalue weighted by atomic mass is 35.5. The minimum Gasteiger partial charge on any atom is -0.489 e. The number of carbonyl (C=O) groups is 2. The third-order valence-corrected chi connectivity index (χ3v) is 15.4. The van der Waals surface area contributed by atoms with Crippen molar-refractivity contribution in [2.75, 3.05) is 69.7 Å². The first-order valence-corrected chi connectivity index (χ1v) is 25.4. The summed E-state index contributed by atoms with van der Waals surface area (Å²) in [5, 5.41) is 17.4. The van der Waals surface area contributed by atoms with E-state index in [0.717, 1.165) is 112 Å². The molecule has 4 aliphatic heterocycles. The Labute approximate surface area is 426 Å². The first kappa shape index (κ1) is 52.0. The molecule has 19 heteroatoms. The number of nitrogens with two attached hydrogens (primary N) is 2. The summed E-state index contributed by atoms with van der Waals surface area (Å²) >= 11 is 6.01. The Morgan fingerprint density at radius 3 is 2.32 bits per heavy atom. The number of aryl methyl sites for hydroxylation is 1. The zero-order valence-electron chi connectivity index (χ0n) is 42.3. The lowest BCUT2D eigenvalue weighted by Gasteiger charge is -2.56. The molecule has 2 aromatic heterocycles. The summed E-state index contributed by atoms with van der Waals surface area (Å²) in [5.41, 5.74) is 16.9. The van der Waals surface area contributed by atoms with Gasteiger partial charge in [0.2, 0.25) is 5.95 Å². The van der Waals surface area contributed by atoms with Gasteiger partial charge in [-0.3, -0.25) is 14.5 Å². The van der Waals surface area contributed by atoms with E-state index >= 15 is 0 Å². The number of aliphatic imine (C=N–C) groups is 1. The molecule has 0 atom stereocenters. The molecule has 0 radical (unpaired) electrons. The van der Waals surface area contributed by atoms with E-state index in [2.05, 4.69) is 67.4 Å². The molecule has 2 aromatic carbocycles. The van der Waals surface area contributed by atoms with Crippen molar-refractivity contribution in [2.24, 2.45) is 33.2 Å². The molecule has 4 aromatic rings. The third-order valence-electron chi connectivity index (χ3n) is 15.1. The maximum absolute atomic E-state index is 14.6. The highest BCUT2D eigenvalue weighted by Gasteiger charge is 2.55. The number of nitrogens with one attached hydrogen (secondary N) is 1. The average Bonchev–Trinajstić information content (AvgIpc) is 3.75. The highest BCUT2D eigenvalue weighted by molar-refractivity contribution is 6.31. The number of nitrogens with zero attached hydrogens (tertiary/aromatic N) is 10. The molecular formula is C53H68ClF2N13O3. The monoisotopic (exact) mass is 1010 g/mol. The number of hydrogen-bond donors (Lipinski definition) is 3. The molecule has 384 valence electrons. The molecule has 1 aliphatic carbocycles. The van der Waals surface area contributed by atoms with Gasteiger partial charge in [0.1, 0.15) is 17.9 Å². The van der Waals surface area contributed by atoms with E-state index in [1.165, 1.54) is 24.8 Å².